The number of nitrogens with zero attached hydrogens (tertiary/aromatic N) is 4. The first-order valence-electron chi connectivity index (χ1n) is 9.25. The van der Waals surface area contributed by atoms with Crippen LogP contribution in [-0.4, -0.2) is 30.8 Å². The summed E-state index contributed by atoms with van der Waals surface area (Å²) in [5.41, 5.74) is 3.04. The number of nitrogens with one attached hydrogen (secondary N) is 2. The summed E-state index contributed by atoms with van der Waals surface area (Å²) in [6.45, 7) is 3.98. The Morgan fingerprint density at radius 2 is 2.06 bits per heavy atom. The van der Waals surface area contributed by atoms with Gasteiger partial charge in [0.1, 0.15) is 5.01 Å². The maximum Gasteiger partial charge on any atom is 0.258 e. The predicted octanol–water partition coefficient (Wildman–Crippen LogP) is 5.27. The van der Waals surface area contributed by atoms with E-state index in [4.69, 9.17) is 23.8 Å². The Labute approximate surface area is 201 Å². The second kappa shape index (κ2) is 8.99. The van der Waals surface area contributed by atoms with Crippen molar-refractivity contribution in [2.75, 3.05) is 5.32 Å². The van der Waals surface area contributed by atoms with Crippen LogP contribution in [0.2, 0.25) is 5.02 Å². The minimum atomic E-state index is -0.385. The van der Waals surface area contributed by atoms with Gasteiger partial charge in [-0.05, 0) is 61.1 Å². The molecule has 4 rings (SSSR count). The number of hydrogen-bond acceptors (Lipinski definition) is 6. The molecule has 0 bridgehead atoms. The van der Waals surface area contributed by atoms with E-state index >= 15 is 0 Å². The van der Waals surface area contributed by atoms with Crippen LogP contribution in [0.25, 0.3) is 15.5 Å². The number of hydrogen-bond donors (Lipinski definition) is 2. The van der Waals surface area contributed by atoms with Crippen LogP contribution >= 0.6 is 51.1 Å². The summed E-state index contributed by atoms with van der Waals surface area (Å²) in [5, 5.41) is 20.0. The molecule has 31 heavy (non-hydrogen) atoms. The van der Waals surface area contributed by atoms with Gasteiger partial charge in [-0.2, -0.15) is 9.61 Å². The molecule has 2 heterocycles. The zero-order valence-corrected chi connectivity index (χ0v) is 20.4. The van der Waals surface area contributed by atoms with Gasteiger partial charge in [-0.15, -0.1) is 10.2 Å². The molecule has 1 amide bonds. The second-order valence-electron chi connectivity index (χ2n) is 6.63. The van der Waals surface area contributed by atoms with Crippen molar-refractivity contribution in [1.82, 2.24) is 25.1 Å². The largest absolute Gasteiger partial charge is 0.332 e. The van der Waals surface area contributed by atoms with Crippen molar-refractivity contribution in [1.29, 1.82) is 0 Å². The number of halogens is 2. The van der Waals surface area contributed by atoms with Crippen LogP contribution in [0.3, 0.4) is 0 Å². The molecule has 0 aliphatic carbocycles. The van der Waals surface area contributed by atoms with Gasteiger partial charge >= 0.3 is 0 Å². The quantitative estimate of drug-likeness (QED) is 0.347. The van der Waals surface area contributed by atoms with Gasteiger partial charge in [-0.25, -0.2) is 0 Å². The molecular formula is C20H16BrClN6OS2. The van der Waals surface area contributed by atoms with Gasteiger partial charge in [0.25, 0.3) is 5.91 Å². The number of benzene rings is 2. The standard InChI is InChI=1S/C20H16BrClN6OS2/c1-3-16-25-26-20-28(16)27-18(31-20)11-4-7-15(10(2)8-11)23-19(30)24-17(29)13-9-12(21)5-6-14(13)22/h4-9H,3H2,1-2H3,(H2,23,24,29,30). The highest BCUT2D eigenvalue weighted by molar-refractivity contribution is 9.10. The lowest BCUT2D eigenvalue weighted by Crippen LogP contribution is -2.34. The number of carbonyl (C=O) groups is 1. The third-order valence-electron chi connectivity index (χ3n) is 4.49. The summed E-state index contributed by atoms with van der Waals surface area (Å²) < 4.78 is 2.53. The van der Waals surface area contributed by atoms with Crippen molar-refractivity contribution in [2.24, 2.45) is 0 Å². The summed E-state index contributed by atoms with van der Waals surface area (Å²) in [5.74, 6) is 0.448. The fourth-order valence-corrected chi connectivity index (χ4v) is 4.55. The van der Waals surface area contributed by atoms with E-state index in [1.54, 1.807) is 22.7 Å². The van der Waals surface area contributed by atoms with Crippen molar-refractivity contribution < 1.29 is 4.79 Å². The highest BCUT2D eigenvalue weighted by atomic mass is 79.9. The molecule has 0 saturated heterocycles. The van der Waals surface area contributed by atoms with E-state index in [2.05, 4.69) is 41.9 Å². The minimum Gasteiger partial charge on any atom is -0.332 e. The molecule has 2 aromatic heterocycles. The first-order valence-corrected chi connectivity index (χ1v) is 11.6. The van der Waals surface area contributed by atoms with E-state index in [1.807, 2.05) is 32.0 Å². The molecule has 2 aromatic carbocycles. The lowest BCUT2D eigenvalue weighted by atomic mass is 10.1. The molecule has 0 radical (unpaired) electrons. The van der Waals surface area contributed by atoms with E-state index in [0.29, 0.717) is 10.6 Å². The number of carbonyl (C=O) groups excluding carboxylic acids is 1. The van der Waals surface area contributed by atoms with E-state index in [0.717, 1.165) is 43.5 Å². The number of thiocarbonyl (C=S) groups is 1. The molecule has 2 N–H and O–H groups in total. The summed E-state index contributed by atoms with van der Waals surface area (Å²) in [6, 6.07) is 10.9. The Bertz CT molecular complexity index is 1320. The summed E-state index contributed by atoms with van der Waals surface area (Å²) in [6.07, 6.45) is 0.764. The zero-order valence-electron chi connectivity index (χ0n) is 16.4. The van der Waals surface area contributed by atoms with Gasteiger partial charge in [0.05, 0.1) is 10.6 Å². The van der Waals surface area contributed by atoms with Crippen LogP contribution < -0.4 is 10.6 Å². The molecule has 0 aliphatic heterocycles. The van der Waals surface area contributed by atoms with Gasteiger partial charge in [-0.3, -0.25) is 10.1 Å². The van der Waals surface area contributed by atoms with Crippen molar-refractivity contribution in [3.63, 3.8) is 0 Å². The molecular weight excluding hydrogens is 520 g/mol. The number of fused-ring (bicyclic) bond motifs is 1. The number of amides is 1. The third kappa shape index (κ3) is 4.62. The van der Waals surface area contributed by atoms with Gasteiger partial charge in [-0.1, -0.05) is 45.8 Å². The van der Waals surface area contributed by atoms with Crippen molar-refractivity contribution >= 4 is 72.8 Å². The van der Waals surface area contributed by atoms with Gasteiger partial charge in [0, 0.05) is 22.1 Å². The number of aryl methyl sites for hydroxylation is 2. The van der Waals surface area contributed by atoms with Crippen LogP contribution in [0.4, 0.5) is 5.69 Å². The molecule has 158 valence electrons. The topological polar surface area (TPSA) is 84.2 Å². The SMILES string of the molecule is CCc1nnc2sc(-c3ccc(NC(=S)NC(=O)c4cc(Br)ccc4Cl)c(C)c3)nn12. The van der Waals surface area contributed by atoms with Gasteiger partial charge in [0.2, 0.25) is 4.96 Å². The molecule has 11 heteroatoms. The van der Waals surface area contributed by atoms with Crippen LogP contribution in [-0.2, 0) is 6.42 Å². The fraction of sp³-hybridized carbons (Fsp3) is 0.150. The summed E-state index contributed by atoms with van der Waals surface area (Å²) in [7, 11) is 0. The van der Waals surface area contributed by atoms with Crippen molar-refractivity contribution in [2.45, 2.75) is 20.3 Å². The highest BCUT2D eigenvalue weighted by Crippen LogP contribution is 2.29. The third-order valence-corrected chi connectivity index (χ3v) is 6.47. The predicted molar refractivity (Wildman–Crippen MR) is 131 cm³/mol. The normalized spacial score (nSPS) is 11.0. The zero-order chi connectivity index (χ0) is 22.1. The molecule has 0 saturated carbocycles. The summed E-state index contributed by atoms with van der Waals surface area (Å²) in [4.78, 5) is 13.3. The van der Waals surface area contributed by atoms with Crippen molar-refractivity contribution in [3.8, 4) is 10.6 Å². The van der Waals surface area contributed by atoms with Gasteiger partial charge < -0.3 is 5.32 Å². The van der Waals surface area contributed by atoms with Crippen LogP contribution in [0.1, 0.15) is 28.7 Å². The number of aromatic nitrogens is 4. The minimum absolute atomic E-state index is 0.184. The molecule has 7 nitrogen and oxygen atoms in total. The average molecular weight is 536 g/mol. The number of rotatable bonds is 4. The maximum atomic E-state index is 12.5. The lowest BCUT2D eigenvalue weighted by Gasteiger charge is -2.13. The Morgan fingerprint density at radius 3 is 2.81 bits per heavy atom. The average Bonchev–Trinajstić information content (AvgIpc) is 3.32. The Kier molecular flexibility index (Phi) is 6.33. The second-order valence-corrected chi connectivity index (χ2v) is 9.32. The maximum absolute atomic E-state index is 12.5. The molecule has 4 aromatic rings. The van der Waals surface area contributed by atoms with Crippen LogP contribution in [0.15, 0.2) is 40.9 Å². The Balaban J connectivity index is 1.48. The smallest absolute Gasteiger partial charge is 0.258 e. The molecule has 0 fully saturated rings. The van der Waals surface area contributed by atoms with Crippen LogP contribution in [0, 0.1) is 6.92 Å². The first kappa shape index (κ1) is 21.8. The van der Waals surface area contributed by atoms with E-state index in [-0.39, 0.29) is 11.0 Å². The van der Waals surface area contributed by atoms with Gasteiger partial charge in [0.15, 0.2) is 10.9 Å². The van der Waals surface area contributed by atoms with E-state index < -0.39 is 0 Å². The first-order chi connectivity index (χ1) is 14.9. The molecule has 0 aliphatic rings. The van der Waals surface area contributed by atoms with Crippen LogP contribution in [0.5, 0.6) is 0 Å². The highest BCUT2D eigenvalue weighted by Gasteiger charge is 2.15. The van der Waals surface area contributed by atoms with E-state index in [1.165, 1.54) is 11.3 Å². The Hall–Kier alpha value is -2.40. The lowest BCUT2D eigenvalue weighted by molar-refractivity contribution is 0.0978. The molecule has 0 spiro atoms. The monoisotopic (exact) mass is 534 g/mol. The molecule has 0 unspecified atom stereocenters. The Morgan fingerprint density at radius 1 is 1.26 bits per heavy atom. The van der Waals surface area contributed by atoms with Crippen molar-refractivity contribution in [3.05, 3.63) is 62.8 Å². The van der Waals surface area contributed by atoms with E-state index in [9.17, 15) is 4.79 Å². The fourth-order valence-electron chi connectivity index (χ4n) is 2.93. The number of anilines is 1. The summed E-state index contributed by atoms with van der Waals surface area (Å²) >= 11 is 16.2. The molecule has 0 atom stereocenters.